The van der Waals surface area contributed by atoms with E-state index in [1.165, 1.54) is 41.3 Å². The number of carbonyl (C=O) groups is 2. The maximum absolute atomic E-state index is 13.3. The second kappa shape index (κ2) is 14.3. The lowest BCUT2D eigenvalue weighted by molar-refractivity contribution is -0.142. The minimum atomic E-state index is -3.93. The van der Waals surface area contributed by atoms with Gasteiger partial charge in [0.2, 0.25) is 5.91 Å². The monoisotopic (exact) mass is 605 g/mol. The van der Waals surface area contributed by atoms with Gasteiger partial charge in [0.25, 0.3) is 15.9 Å². The molecule has 0 unspecified atom stereocenters. The number of hydrogen-bond acceptors (Lipinski definition) is 6. The molecule has 4 aromatic rings. The summed E-state index contributed by atoms with van der Waals surface area (Å²) in [5, 5.41) is 2.88. The summed E-state index contributed by atoms with van der Waals surface area (Å²) in [6.45, 7) is 1.75. The Hall–Kier alpha value is -4.90. The van der Waals surface area contributed by atoms with Crippen LogP contribution in [0.4, 0.5) is 10.1 Å². The first-order valence-electron chi connectivity index (χ1n) is 13.4. The van der Waals surface area contributed by atoms with E-state index in [4.69, 9.17) is 9.47 Å². The van der Waals surface area contributed by atoms with E-state index in [9.17, 15) is 22.4 Å². The van der Waals surface area contributed by atoms with E-state index in [1.54, 1.807) is 26.2 Å². The van der Waals surface area contributed by atoms with Gasteiger partial charge in [0.1, 0.15) is 23.4 Å². The molecule has 4 rings (SSSR count). The molecule has 0 heterocycles. The lowest BCUT2D eigenvalue weighted by atomic mass is 10.1. The van der Waals surface area contributed by atoms with Crippen molar-refractivity contribution in [3.63, 3.8) is 0 Å². The Morgan fingerprint density at radius 2 is 1.47 bits per heavy atom. The van der Waals surface area contributed by atoms with Crippen LogP contribution in [0.5, 0.6) is 11.5 Å². The number of halogens is 1. The van der Waals surface area contributed by atoms with Crippen molar-refractivity contribution in [2.45, 2.75) is 31.0 Å². The molecule has 0 saturated carbocycles. The molecule has 0 bridgehead atoms. The van der Waals surface area contributed by atoms with Crippen LogP contribution in [0.3, 0.4) is 0 Å². The van der Waals surface area contributed by atoms with Gasteiger partial charge >= 0.3 is 0 Å². The predicted molar refractivity (Wildman–Crippen MR) is 160 cm³/mol. The Labute approximate surface area is 250 Å². The molecule has 2 N–H and O–H groups in total. The van der Waals surface area contributed by atoms with Crippen LogP contribution in [0.25, 0.3) is 0 Å². The van der Waals surface area contributed by atoms with Crippen molar-refractivity contribution >= 4 is 27.5 Å². The molecular weight excluding hydrogens is 573 g/mol. The maximum atomic E-state index is 13.3. The molecule has 0 fully saturated rings. The molecule has 0 saturated heterocycles. The molecule has 0 aliphatic rings. The summed E-state index contributed by atoms with van der Waals surface area (Å²) >= 11 is 0. The molecule has 224 valence electrons. The zero-order chi connectivity index (χ0) is 30.8. The van der Waals surface area contributed by atoms with Crippen LogP contribution < -0.4 is 19.5 Å². The third kappa shape index (κ3) is 8.79. The van der Waals surface area contributed by atoms with Crippen LogP contribution in [0.15, 0.2) is 108 Å². The SMILES string of the molecule is COc1ccc(CNC(=O)[C@H](C)N(Cc2ccccc2)C(=O)COc2ccc(S(=O)(=O)Nc3ccc(F)cc3)cc2)cc1. The first kappa shape index (κ1) is 31.0. The van der Waals surface area contributed by atoms with Crippen molar-refractivity contribution in [1.29, 1.82) is 0 Å². The van der Waals surface area contributed by atoms with Gasteiger partial charge < -0.3 is 19.7 Å². The number of methoxy groups -OCH3 is 1. The molecule has 0 spiro atoms. The summed E-state index contributed by atoms with van der Waals surface area (Å²) in [7, 11) is -2.35. The molecule has 0 aromatic heterocycles. The fourth-order valence-corrected chi connectivity index (χ4v) is 5.18. The van der Waals surface area contributed by atoms with Crippen molar-refractivity contribution in [1.82, 2.24) is 10.2 Å². The number of ether oxygens (including phenoxy) is 2. The Morgan fingerprint density at radius 3 is 2.09 bits per heavy atom. The number of hydrogen-bond donors (Lipinski definition) is 2. The molecule has 11 heteroatoms. The molecule has 0 aliphatic carbocycles. The highest BCUT2D eigenvalue weighted by atomic mass is 32.2. The molecule has 2 amide bonds. The number of nitrogens with zero attached hydrogens (tertiary/aromatic N) is 1. The van der Waals surface area contributed by atoms with Gasteiger partial charge in [-0.25, -0.2) is 12.8 Å². The molecular formula is C32H32FN3O6S. The zero-order valence-corrected chi connectivity index (χ0v) is 24.5. The van der Waals surface area contributed by atoms with Gasteiger partial charge in [-0.05, 0) is 78.7 Å². The van der Waals surface area contributed by atoms with E-state index in [1.807, 2.05) is 42.5 Å². The Balaban J connectivity index is 1.39. The standard InChI is InChI=1S/C32H32FN3O6S/c1-23(32(38)34-20-24-8-14-28(41-2)15-9-24)36(21-25-6-4-3-5-7-25)31(37)22-42-29-16-18-30(19-17-29)43(39,40)35-27-12-10-26(33)11-13-27/h3-19,23,35H,20-22H2,1-2H3,(H,34,38)/t23-/m0/s1. The number of amides is 2. The van der Waals surface area contributed by atoms with Crippen molar-refractivity contribution in [2.24, 2.45) is 0 Å². The third-order valence-corrected chi connectivity index (χ3v) is 7.98. The van der Waals surface area contributed by atoms with Gasteiger partial charge in [-0.2, -0.15) is 0 Å². The van der Waals surface area contributed by atoms with Gasteiger partial charge in [0.15, 0.2) is 6.61 Å². The van der Waals surface area contributed by atoms with E-state index in [0.29, 0.717) is 5.75 Å². The zero-order valence-electron chi connectivity index (χ0n) is 23.7. The lowest BCUT2D eigenvalue weighted by Crippen LogP contribution is -2.48. The summed E-state index contributed by atoms with van der Waals surface area (Å²) in [5.41, 5.74) is 1.94. The Morgan fingerprint density at radius 1 is 0.837 bits per heavy atom. The quantitative estimate of drug-likeness (QED) is 0.228. The number of sulfonamides is 1. The normalized spacial score (nSPS) is 11.7. The van der Waals surface area contributed by atoms with E-state index < -0.39 is 27.8 Å². The third-order valence-electron chi connectivity index (χ3n) is 6.58. The van der Waals surface area contributed by atoms with Gasteiger partial charge in [0, 0.05) is 18.8 Å². The summed E-state index contributed by atoms with van der Waals surface area (Å²) in [6.07, 6.45) is 0. The summed E-state index contributed by atoms with van der Waals surface area (Å²) in [6, 6.07) is 26.3. The first-order chi connectivity index (χ1) is 20.6. The Bertz CT molecular complexity index is 1610. The highest BCUT2D eigenvalue weighted by Gasteiger charge is 2.26. The van der Waals surface area contributed by atoms with E-state index in [2.05, 4.69) is 10.0 Å². The average molecular weight is 606 g/mol. The van der Waals surface area contributed by atoms with Gasteiger partial charge in [-0.15, -0.1) is 0 Å². The molecule has 4 aromatic carbocycles. The number of anilines is 1. The number of carbonyl (C=O) groups excluding carboxylic acids is 2. The van der Waals surface area contributed by atoms with Crippen LogP contribution in [0.2, 0.25) is 0 Å². The van der Waals surface area contributed by atoms with Crippen LogP contribution in [0, 0.1) is 5.82 Å². The van der Waals surface area contributed by atoms with Crippen LogP contribution in [-0.2, 0) is 32.7 Å². The van der Waals surface area contributed by atoms with Crippen molar-refractivity contribution in [3.8, 4) is 11.5 Å². The Kier molecular flexibility index (Phi) is 10.3. The van der Waals surface area contributed by atoms with Crippen molar-refractivity contribution < 1.29 is 31.9 Å². The highest BCUT2D eigenvalue weighted by Crippen LogP contribution is 2.20. The smallest absolute Gasteiger partial charge is 0.261 e. The van der Waals surface area contributed by atoms with E-state index >= 15 is 0 Å². The van der Waals surface area contributed by atoms with Crippen molar-refractivity contribution in [2.75, 3.05) is 18.4 Å². The maximum Gasteiger partial charge on any atom is 0.261 e. The summed E-state index contributed by atoms with van der Waals surface area (Å²) in [5.74, 6) is -0.259. The minimum Gasteiger partial charge on any atom is -0.497 e. The largest absolute Gasteiger partial charge is 0.497 e. The lowest BCUT2D eigenvalue weighted by Gasteiger charge is -2.28. The molecule has 1 atom stereocenters. The van der Waals surface area contributed by atoms with Crippen molar-refractivity contribution in [3.05, 3.63) is 120 Å². The van der Waals surface area contributed by atoms with Crippen LogP contribution >= 0.6 is 0 Å². The van der Waals surface area contributed by atoms with Gasteiger partial charge in [0.05, 0.1) is 12.0 Å². The molecule has 43 heavy (non-hydrogen) atoms. The molecule has 0 radical (unpaired) electrons. The average Bonchev–Trinajstić information content (AvgIpc) is 3.03. The van der Waals surface area contributed by atoms with Gasteiger partial charge in [-0.1, -0.05) is 42.5 Å². The first-order valence-corrected chi connectivity index (χ1v) is 14.9. The summed E-state index contributed by atoms with van der Waals surface area (Å²) in [4.78, 5) is 27.8. The second-order valence-electron chi connectivity index (χ2n) is 9.62. The van der Waals surface area contributed by atoms with E-state index in [-0.39, 0.29) is 41.9 Å². The number of benzene rings is 4. The molecule has 0 aliphatic heterocycles. The summed E-state index contributed by atoms with van der Waals surface area (Å²) < 4.78 is 51.7. The number of nitrogens with one attached hydrogen (secondary N) is 2. The van der Waals surface area contributed by atoms with E-state index in [0.717, 1.165) is 23.3 Å². The highest BCUT2D eigenvalue weighted by molar-refractivity contribution is 7.92. The van der Waals surface area contributed by atoms with Crippen LogP contribution in [-0.4, -0.2) is 44.9 Å². The van der Waals surface area contributed by atoms with Gasteiger partial charge in [-0.3, -0.25) is 14.3 Å². The second-order valence-corrected chi connectivity index (χ2v) is 11.3. The topological polar surface area (TPSA) is 114 Å². The number of rotatable bonds is 13. The minimum absolute atomic E-state index is 0.0386. The predicted octanol–water partition coefficient (Wildman–Crippen LogP) is 4.75. The molecule has 9 nitrogen and oxygen atoms in total. The fourth-order valence-electron chi connectivity index (χ4n) is 4.12. The van der Waals surface area contributed by atoms with Crippen LogP contribution in [0.1, 0.15) is 18.1 Å². The fraction of sp³-hybridized carbons (Fsp3) is 0.188.